The first kappa shape index (κ1) is 10.2. The molecule has 0 amide bonds. The molecule has 0 aromatic heterocycles. The first-order valence-corrected chi connectivity index (χ1v) is 4.91. The van der Waals surface area contributed by atoms with Crippen LogP contribution in [-0.2, 0) is 6.42 Å². The lowest BCUT2D eigenvalue weighted by molar-refractivity contribution is 0.981. The summed E-state index contributed by atoms with van der Waals surface area (Å²) in [5.41, 5.74) is 1.23. The van der Waals surface area contributed by atoms with Gasteiger partial charge < -0.3 is 0 Å². The van der Waals surface area contributed by atoms with Gasteiger partial charge in [0.1, 0.15) is 0 Å². The third-order valence-corrected chi connectivity index (χ3v) is 1.96. The summed E-state index contributed by atoms with van der Waals surface area (Å²) in [6, 6.07) is 7.84. The molecule has 0 N–H and O–H groups in total. The van der Waals surface area contributed by atoms with Gasteiger partial charge in [-0.25, -0.2) is 0 Å². The Morgan fingerprint density at radius 3 is 2.46 bits per heavy atom. The van der Waals surface area contributed by atoms with E-state index in [1.165, 1.54) is 5.56 Å². The first-order chi connectivity index (χ1) is 6.33. The Balaban J connectivity index is 2.47. The van der Waals surface area contributed by atoms with E-state index in [0.717, 1.165) is 24.3 Å². The predicted octanol–water partition coefficient (Wildman–Crippen LogP) is 3.69. The second-order valence-electron chi connectivity index (χ2n) is 2.91. The van der Waals surface area contributed by atoms with E-state index in [-0.39, 0.29) is 0 Å². The van der Waals surface area contributed by atoms with Crippen LogP contribution >= 0.6 is 11.6 Å². The highest BCUT2D eigenvalue weighted by molar-refractivity contribution is 6.30. The monoisotopic (exact) mass is 192 g/mol. The zero-order valence-corrected chi connectivity index (χ0v) is 8.56. The van der Waals surface area contributed by atoms with Crippen LogP contribution in [0, 0.1) is 11.8 Å². The average molecular weight is 193 g/mol. The van der Waals surface area contributed by atoms with Gasteiger partial charge in [-0.15, -0.1) is 5.92 Å². The smallest absolute Gasteiger partial charge is 0.0406 e. The molecule has 0 saturated heterocycles. The quantitative estimate of drug-likeness (QED) is 0.627. The Morgan fingerprint density at radius 1 is 1.15 bits per heavy atom. The Bertz CT molecular complexity index is 300. The van der Waals surface area contributed by atoms with Gasteiger partial charge in [-0.3, -0.25) is 0 Å². The lowest BCUT2D eigenvalue weighted by atomic mass is 10.1. The van der Waals surface area contributed by atoms with E-state index in [0.29, 0.717) is 0 Å². The van der Waals surface area contributed by atoms with E-state index >= 15 is 0 Å². The SMILES string of the molecule is CCCC#CCc1ccc(Cl)cc1. The molecule has 1 aromatic rings. The molecule has 0 nitrogen and oxygen atoms in total. The van der Waals surface area contributed by atoms with Gasteiger partial charge in [0.25, 0.3) is 0 Å². The molecule has 0 atom stereocenters. The summed E-state index contributed by atoms with van der Waals surface area (Å²) in [5, 5.41) is 0.783. The molecular formula is C12H13Cl. The van der Waals surface area contributed by atoms with Crippen LogP contribution < -0.4 is 0 Å². The summed E-state index contributed by atoms with van der Waals surface area (Å²) in [6.45, 7) is 2.14. The van der Waals surface area contributed by atoms with Crippen molar-refractivity contribution in [1.82, 2.24) is 0 Å². The highest BCUT2D eigenvalue weighted by Gasteiger charge is 1.88. The van der Waals surface area contributed by atoms with Crippen LogP contribution in [0.25, 0.3) is 0 Å². The number of rotatable bonds is 2. The molecule has 1 aromatic carbocycles. The molecule has 68 valence electrons. The van der Waals surface area contributed by atoms with Crippen LogP contribution in [0.1, 0.15) is 25.3 Å². The van der Waals surface area contributed by atoms with E-state index in [4.69, 9.17) is 11.6 Å². The first-order valence-electron chi connectivity index (χ1n) is 4.53. The van der Waals surface area contributed by atoms with E-state index in [1.54, 1.807) is 0 Å². The van der Waals surface area contributed by atoms with Gasteiger partial charge in [0.05, 0.1) is 0 Å². The minimum absolute atomic E-state index is 0.783. The topological polar surface area (TPSA) is 0 Å². The zero-order valence-electron chi connectivity index (χ0n) is 7.81. The van der Waals surface area contributed by atoms with Gasteiger partial charge in [-0.2, -0.15) is 0 Å². The molecule has 0 fully saturated rings. The van der Waals surface area contributed by atoms with Gasteiger partial charge in [0.15, 0.2) is 0 Å². The van der Waals surface area contributed by atoms with Crippen LogP contribution in [0.4, 0.5) is 0 Å². The predicted molar refractivity (Wildman–Crippen MR) is 57.8 cm³/mol. The Morgan fingerprint density at radius 2 is 1.85 bits per heavy atom. The zero-order chi connectivity index (χ0) is 9.52. The van der Waals surface area contributed by atoms with Crippen molar-refractivity contribution in [2.45, 2.75) is 26.2 Å². The Labute approximate surface area is 84.9 Å². The maximum atomic E-state index is 5.76. The maximum Gasteiger partial charge on any atom is 0.0406 e. The van der Waals surface area contributed by atoms with Gasteiger partial charge >= 0.3 is 0 Å². The van der Waals surface area contributed by atoms with E-state index in [2.05, 4.69) is 18.8 Å². The maximum absolute atomic E-state index is 5.76. The molecule has 1 heteroatoms. The van der Waals surface area contributed by atoms with Crippen LogP contribution in [-0.4, -0.2) is 0 Å². The number of unbranched alkanes of at least 4 members (excludes halogenated alkanes) is 1. The van der Waals surface area contributed by atoms with Gasteiger partial charge in [-0.05, 0) is 24.1 Å². The molecule has 0 spiro atoms. The summed E-state index contributed by atoms with van der Waals surface area (Å²) in [6.07, 6.45) is 2.96. The van der Waals surface area contributed by atoms with Crippen molar-refractivity contribution >= 4 is 11.6 Å². The Kier molecular flexibility index (Phi) is 4.43. The minimum Gasteiger partial charge on any atom is -0.103 e. The molecule has 13 heavy (non-hydrogen) atoms. The molecule has 1 rings (SSSR count). The summed E-state index contributed by atoms with van der Waals surface area (Å²) < 4.78 is 0. The number of halogens is 1. The molecule has 0 radical (unpaired) electrons. The second-order valence-corrected chi connectivity index (χ2v) is 3.34. The van der Waals surface area contributed by atoms with Crippen molar-refractivity contribution < 1.29 is 0 Å². The van der Waals surface area contributed by atoms with Crippen LogP contribution in [0.3, 0.4) is 0 Å². The highest BCUT2D eigenvalue weighted by Crippen LogP contribution is 2.09. The van der Waals surface area contributed by atoms with Crippen molar-refractivity contribution in [3.05, 3.63) is 34.9 Å². The van der Waals surface area contributed by atoms with E-state index < -0.39 is 0 Å². The number of hydrogen-bond acceptors (Lipinski definition) is 0. The lowest BCUT2D eigenvalue weighted by Crippen LogP contribution is -1.79. The largest absolute Gasteiger partial charge is 0.103 e. The fourth-order valence-corrected chi connectivity index (χ4v) is 1.11. The van der Waals surface area contributed by atoms with Crippen LogP contribution in [0.5, 0.6) is 0 Å². The lowest BCUT2D eigenvalue weighted by Gasteiger charge is -1.93. The fraction of sp³-hybridized carbons (Fsp3) is 0.333. The van der Waals surface area contributed by atoms with Crippen molar-refractivity contribution in [2.24, 2.45) is 0 Å². The summed E-state index contributed by atoms with van der Waals surface area (Å²) in [4.78, 5) is 0. The van der Waals surface area contributed by atoms with Crippen molar-refractivity contribution in [2.75, 3.05) is 0 Å². The molecule has 0 saturated carbocycles. The molecule has 0 heterocycles. The number of benzene rings is 1. The highest BCUT2D eigenvalue weighted by atomic mass is 35.5. The standard InChI is InChI=1S/C12H13Cl/c1-2-3-4-5-6-11-7-9-12(13)10-8-11/h7-10H,2-3,6H2,1H3. The molecule has 0 aliphatic heterocycles. The van der Waals surface area contributed by atoms with Crippen molar-refractivity contribution in [3.63, 3.8) is 0 Å². The van der Waals surface area contributed by atoms with E-state index in [9.17, 15) is 0 Å². The molecule has 0 unspecified atom stereocenters. The summed E-state index contributed by atoms with van der Waals surface area (Å²) in [5.74, 6) is 6.24. The van der Waals surface area contributed by atoms with Crippen LogP contribution in [0.15, 0.2) is 24.3 Å². The molecule has 0 aliphatic rings. The van der Waals surface area contributed by atoms with Gasteiger partial charge in [0.2, 0.25) is 0 Å². The average Bonchev–Trinajstić information content (AvgIpc) is 2.15. The van der Waals surface area contributed by atoms with Crippen molar-refractivity contribution in [3.8, 4) is 11.8 Å². The van der Waals surface area contributed by atoms with E-state index in [1.807, 2.05) is 24.3 Å². The molecule has 0 aliphatic carbocycles. The normalized spacial score (nSPS) is 9.08. The summed E-state index contributed by atoms with van der Waals surface area (Å²) >= 11 is 5.76. The van der Waals surface area contributed by atoms with Gasteiger partial charge in [-0.1, -0.05) is 36.6 Å². The third-order valence-electron chi connectivity index (χ3n) is 1.71. The number of hydrogen-bond donors (Lipinski definition) is 0. The Hall–Kier alpha value is -0.930. The molecular weight excluding hydrogens is 180 g/mol. The summed E-state index contributed by atoms with van der Waals surface area (Å²) in [7, 11) is 0. The molecule has 0 bridgehead atoms. The fourth-order valence-electron chi connectivity index (χ4n) is 0.980. The van der Waals surface area contributed by atoms with Gasteiger partial charge in [0, 0.05) is 17.9 Å². The second kappa shape index (κ2) is 5.67. The minimum atomic E-state index is 0.783. The van der Waals surface area contributed by atoms with Crippen molar-refractivity contribution in [1.29, 1.82) is 0 Å². The van der Waals surface area contributed by atoms with Crippen LogP contribution in [0.2, 0.25) is 5.02 Å². The third kappa shape index (κ3) is 4.01.